The van der Waals surface area contributed by atoms with Crippen molar-refractivity contribution in [2.24, 2.45) is 5.92 Å². The van der Waals surface area contributed by atoms with Gasteiger partial charge in [-0.15, -0.1) is 0 Å². The molecule has 1 atom stereocenters. The molecule has 0 radical (unpaired) electrons. The molecule has 0 nitrogen and oxygen atoms in total. The zero-order valence-electron chi connectivity index (χ0n) is 7.36. The first-order chi connectivity index (χ1) is 4.68. The summed E-state index contributed by atoms with van der Waals surface area (Å²) >= 11 is 2.57. The van der Waals surface area contributed by atoms with E-state index in [1.54, 1.807) is 0 Å². The van der Waals surface area contributed by atoms with Gasteiger partial charge in [0, 0.05) is 3.92 Å². The second-order valence-electron chi connectivity index (χ2n) is 3.26. The Hall–Kier alpha value is 0.730. The van der Waals surface area contributed by atoms with Crippen LogP contribution in [0.15, 0.2) is 0 Å². The molecule has 0 saturated heterocycles. The third kappa shape index (κ3) is 5.51. The maximum Gasteiger partial charge on any atom is 0.0133 e. The Bertz CT molecular complexity index is 69.1. The lowest BCUT2D eigenvalue weighted by molar-refractivity contribution is 0.556. The predicted molar refractivity (Wildman–Crippen MR) is 56.8 cm³/mol. The summed E-state index contributed by atoms with van der Waals surface area (Å²) in [6.45, 7) is 6.88. The molecular weight excluding hydrogens is 235 g/mol. The Labute approximate surface area is 78.9 Å². The zero-order chi connectivity index (χ0) is 7.98. The lowest BCUT2D eigenvalue weighted by atomic mass is 10.0. The summed E-state index contributed by atoms with van der Waals surface area (Å²) in [5.74, 6) is 0.859. The van der Waals surface area contributed by atoms with Crippen LogP contribution in [0.5, 0.6) is 0 Å². The van der Waals surface area contributed by atoms with E-state index < -0.39 is 0 Å². The van der Waals surface area contributed by atoms with Crippen molar-refractivity contribution in [1.29, 1.82) is 0 Å². The lowest BCUT2D eigenvalue weighted by Gasteiger charge is -2.12. The quantitative estimate of drug-likeness (QED) is 0.395. The van der Waals surface area contributed by atoms with Crippen molar-refractivity contribution in [2.75, 3.05) is 0 Å². The molecule has 0 rings (SSSR count). The van der Waals surface area contributed by atoms with Crippen LogP contribution < -0.4 is 0 Å². The fourth-order valence-corrected chi connectivity index (χ4v) is 1.36. The van der Waals surface area contributed by atoms with Crippen LogP contribution in [-0.4, -0.2) is 3.92 Å². The number of rotatable bonds is 5. The normalized spacial score (nSPS) is 14.1. The monoisotopic (exact) mass is 254 g/mol. The topological polar surface area (TPSA) is 0 Å². The van der Waals surface area contributed by atoms with E-state index in [1.807, 2.05) is 0 Å². The molecule has 0 aromatic heterocycles. The van der Waals surface area contributed by atoms with Gasteiger partial charge in [0.05, 0.1) is 0 Å². The molecule has 0 aliphatic heterocycles. The molecule has 0 aliphatic carbocycles. The van der Waals surface area contributed by atoms with Crippen molar-refractivity contribution in [3.8, 4) is 0 Å². The van der Waals surface area contributed by atoms with Crippen LogP contribution >= 0.6 is 22.6 Å². The maximum absolute atomic E-state index is 2.57. The minimum Gasteiger partial charge on any atom is -0.0823 e. The van der Waals surface area contributed by atoms with Crippen molar-refractivity contribution < 1.29 is 0 Å². The van der Waals surface area contributed by atoms with E-state index in [-0.39, 0.29) is 0 Å². The number of halogens is 1. The lowest BCUT2D eigenvalue weighted by Crippen LogP contribution is -2.05. The highest BCUT2D eigenvalue weighted by molar-refractivity contribution is 14.1. The Morgan fingerprint density at radius 1 is 1.20 bits per heavy atom. The van der Waals surface area contributed by atoms with E-state index in [2.05, 4.69) is 43.4 Å². The highest BCUT2D eigenvalue weighted by Crippen LogP contribution is 2.19. The summed E-state index contributed by atoms with van der Waals surface area (Å²) in [6, 6.07) is 0. The average Bonchev–Trinajstić information content (AvgIpc) is 1.88. The van der Waals surface area contributed by atoms with Crippen LogP contribution in [-0.2, 0) is 0 Å². The SMILES string of the molecule is CCCCC[C@H](I)C(C)C. The van der Waals surface area contributed by atoms with Crippen molar-refractivity contribution in [3.05, 3.63) is 0 Å². The highest BCUT2D eigenvalue weighted by Gasteiger charge is 2.06. The van der Waals surface area contributed by atoms with Crippen LogP contribution in [0.25, 0.3) is 0 Å². The van der Waals surface area contributed by atoms with Gasteiger partial charge in [-0.25, -0.2) is 0 Å². The molecule has 0 saturated carbocycles. The van der Waals surface area contributed by atoms with Gasteiger partial charge >= 0.3 is 0 Å². The van der Waals surface area contributed by atoms with Gasteiger partial charge in [0.25, 0.3) is 0 Å². The number of hydrogen-bond acceptors (Lipinski definition) is 0. The van der Waals surface area contributed by atoms with E-state index in [9.17, 15) is 0 Å². The molecule has 0 aliphatic rings. The Morgan fingerprint density at radius 3 is 2.20 bits per heavy atom. The fourth-order valence-electron chi connectivity index (χ4n) is 0.923. The van der Waals surface area contributed by atoms with Crippen molar-refractivity contribution in [1.82, 2.24) is 0 Å². The molecule has 10 heavy (non-hydrogen) atoms. The first-order valence-corrected chi connectivity index (χ1v) is 5.57. The third-order valence-corrected chi connectivity index (χ3v) is 3.87. The zero-order valence-corrected chi connectivity index (χ0v) is 9.52. The van der Waals surface area contributed by atoms with E-state index in [0.29, 0.717) is 0 Å². The molecule has 0 heterocycles. The van der Waals surface area contributed by atoms with Gasteiger partial charge in [0.15, 0.2) is 0 Å². The van der Waals surface area contributed by atoms with Crippen molar-refractivity contribution in [3.63, 3.8) is 0 Å². The van der Waals surface area contributed by atoms with E-state index >= 15 is 0 Å². The molecule has 0 spiro atoms. The van der Waals surface area contributed by atoms with Crippen LogP contribution in [0.2, 0.25) is 0 Å². The summed E-state index contributed by atoms with van der Waals surface area (Å²) < 4.78 is 0.893. The fraction of sp³-hybridized carbons (Fsp3) is 1.00. The Balaban J connectivity index is 3.13. The standard InChI is InChI=1S/C9H19I/c1-4-5-6-7-9(10)8(2)3/h8-9H,4-7H2,1-3H3/t9-/m0/s1. The van der Waals surface area contributed by atoms with Crippen LogP contribution in [0.3, 0.4) is 0 Å². The first-order valence-electron chi connectivity index (χ1n) is 4.32. The van der Waals surface area contributed by atoms with Gasteiger partial charge in [0.1, 0.15) is 0 Å². The molecule has 1 heteroatoms. The average molecular weight is 254 g/mol. The van der Waals surface area contributed by atoms with Crippen molar-refractivity contribution >= 4 is 22.6 Å². The van der Waals surface area contributed by atoms with Crippen LogP contribution in [0, 0.1) is 5.92 Å². The van der Waals surface area contributed by atoms with E-state index in [1.165, 1.54) is 25.7 Å². The minimum atomic E-state index is 0.859. The van der Waals surface area contributed by atoms with Crippen molar-refractivity contribution in [2.45, 2.75) is 50.4 Å². The summed E-state index contributed by atoms with van der Waals surface area (Å²) in [5.41, 5.74) is 0. The summed E-state index contributed by atoms with van der Waals surface area (Å²) in [6.07, 6.45) is 5.59. The second-order valence-corrected chi connectivity index (χ2v) is 4.86. The van der Waals surface area contributed by atoms with Gasteiger partial charge in [-0.2, -0.15) is 0 Å². The molecule has 0 fully saturated rings. The molecule has 0 bridgehead atoms. The number of alkyl halides is 1. The Kier molecular flexibility index (Phi) is 6.91. The molecule has 0 amide bonds. The first kappa shape index (κ1) is 10.7. The van der Waals surface area contributed by atoms with Crippen LogP contribution in [0.4, 0.5) is 0 Å². The summed E-state index contributed by atoms with van der Waals surface area (Å²) in [7, 11) is 0. The molecule has 0 N–H and O–H groups in total. The van der Waals surface area contributed by atoms with Gasteiger partial charge in [0.2, 0.25) is 0 Å². The van der Waals surface area contributed by atoms with Gasteiger partial charge in [-0.1, -0.05) is 62.6 Å². The highest BCUT2D eigenvalue weighted by atomic mass is 127. The van der Waals surface area contributed by atoms with Gasteiger partial charge < -0.3 is 0 Å². The molecule has 62 valence electrons. The number of hydrogen-bond donors (Lipinski definition) is 0. The molecular formula is C9H19I. The number of unbranched alkanes of at least 4 members (excludes halogenated alkanes) is 2. The molecule has 0 aromatic rings. The summed E-state index contributed by atoms with van der Waals surface area (Å²) in [5, 5.41) is 0. The van der Waals surface area contributed by atoms with E-state index in [4.69, 9.17) is 0 Å². The van der Waals surface area contributed by atoms with Gasteiger partial charge in [-0.3, -0.25) is 0 Å². The largest absolute Gasteiger partial charge is 0.0823 e. The summed E-state index contributed by atoms with van der Waals surface area (Å²) in [4.78, 5) is 0. The van der Waals surface area contributed by atoms with E-state index in [0.717, 1.165) is 9.84 Å². The second kappa shape index (κ2) is 6.44. The van der Waals surface area contributed by atoms with Crippen LogP contribution in [0.1, 0.15) is 46.5 Å². The Morgan fingerprint density at radius 2 is 1.80 bits per heavy atom. The molecule has 0 unspecified atom stereocenters. The van der Waals surface area contributed by atoms with Gasteiger partial charge in [-0.05, 0) is 12.3 Å². The predicted octanol–water partition coefficient (Wildman–Crippen LogP) is 4.03. The smallest absolute Gasteiger partial charge is 0.0133 e. The maximum atomic E-state index is 2.57. The molecule has 0 aromatic carbocycles. The minimum absolute atomic E-state index is 0.859. The third-order valence-electron chi connectivity index (χ3n) is 1.81.